The fourth-order valence-corrected chi connectivity index (χ4v) is 4.20. The van der Waals surface area contributed by atoms with Crippen LogP contribution >= 0.6 is 7.75 Å². The van der Waals surface area contributed by atoms with Gasteiger partial charge in [-0.1, -0.05) is 18.2 Å². The monoisotopic (exact) mass is 449 g/mol. The minimum Gasteiger partial charge on any atom is -0.451 e. The number of non-ortho nitro benzene ring substituents is 1. The number of amides is 1. The Balaban J connectivity index is 1.76. The molecule has 3 rings (SSSR count). The molecule has 2 unspecified atom stereocenters. The summed E-state index contributed by atoms with van der Waals surface area (Å²) in [4.78, 5) is 34.2. The van der Waals surface area contributed by atoms with Crippen molar-refractivity contribution in [2.24, 2.45) is 0 Å². The first-order valence-corrected chi connectivity index (χ1v) is 10.8. The predicted octanol–water partition coefficient (Wildman–Crippen LogP) is 2.57. The number of nitrogens with zero attached hydrogens (tertiary/aromatic N) is 1. The molecule has 3 atom stereocenters. The Morgan fingerprint density at radius 2 is 1.77 bits per heavy atom. The van der Waals surface area contributed by atoms with Crippen LogP contribution in [-0.2, 0) is 18.9 Å². The number of benzene rings is 2. The molecule has 1 saturated heterocycles. The van der Waals surface area contributed by atoms with E-state index < -0.39 is 36.7 Å². The zero-order valence-corrected chi connectivity index (χ0v) is 17.3. The quantitative estimate of drug-likeness (QED) is 0.255. The van der Waals surface area contributed by atoms with Crippen molar-refractivity contribution in [1.82, 2.24) is 10.4 Å². The van der Waals surface area contributed by atoms with Gasteiger partial charge in [-0.25, -0.2) is 4.57 Å². The lowest BCUT2D eigenvalue weighted by atomic mass is 10.3. The third-order valence-corrected chi connectivity index (χ3v) is 5.81. The molecule has 31 heavy (non-hydrogen) atoms. The van der Waals surface area contributed by atoms with Crippen molar-refractivity contribution in [3.63, 3.8) is 0 Å². The molecule has 1 amide bonds. The highest BCUT2D eigenvalue weighted by atomic mass is 31.2. The van der Waals surface area contributed by atoms with Gasteiger partial charge in [0.1, 0.15) is 17.5 Å². The number of esters is 1. The van der Waals surface area contributed by atoms with Gasteiger partial charge in [-0.15, -0.1) is 0 Å². The molecule has 1 fully saturated rings. The standard InChI is InChI=1S/C19H20N3O8P/c1-13(19(24)28-17-11-12-20-18(17)23)21-31(27,29-15-5-3-2-4-6-15)30-16-9-7-14(8-10-16)22(25)26/h2-10,13,17H,11-12H2,1H3,(H,20,23)(H,21,27)/t13-,17?,31?/m0/s1. The first kappa shape index (κ1) is 22.3. The maximum atomic E-state index is 13.4. The van der Waals surface area contributed by atoms with Crippen LogP contribution in [0, 0.1) is 10.1 Å². The van der Waals surface area contributed by atoms with Crippen LogP contribution < -0.4 is 19.5 Å². The van der Waals surface area contributed by atoms with Crippen molar-refractivity contribution in [3.05, 3.63) is 64.7 Å². The first-order valence-electron chi connectivity index (χ1n) is 9.30. The van der Waals surface area contributed by atoms with Crippen LogP contribution in [0.5, 0.6) is 11.5 Å². The van der Waals surface area contributed by atoms with Gasteiger partial charge in [0.15, 0.2) is 6.10 Å². The summed E-state index contributed by atoms with van der Waals surface area (Å²) >= 11 is 0. The molecule has 0 saturated carbocycles. The molecule has 2 aromatic rings. The van der Waals surface area contributed by atoms with E-state index in [1.807, 2.05) is 0 Å². The Morgan fingerprint density at radius 3 is 2.32 bits per heavy atom. The van der Waals surface area contributed by atoms with Crippen LogP contribution in [0.25, 0.3) is 0 Å². The normalized spacial score (nSPS) is 18.4. The maximum absolute atomic E-state index is 13.4. The van der Waals surface area contributed by atoms with Crippen molar-refractivity contribution < 1.29 is 32.9 Å². The van der Waals surface area contributed by atoms with E-state index in [1.54, 1.807) is 30.3 Å². The summed E-state index contributed by atoms with van der Waals surface area (Å²) in [5, 5.41) is 15.9. The molecule has 164 valence electrons. The summed E-state index contributed by atoms with van der Waals surface area (Å²) < 4.78 is 29.5. The van der Waals surface area contributed by atoms with Gasteiger partial charge < -0.3 is 19.1 Å². The highest BCUT2D eigenvalue weighted by molar-refractivity contribution is 7.52. The number of ether oxygens (including phenoxy) is 1. The average Bonchev–Trinajstić information content (AvgIpc) is 3.13. The van der Waals surface area contributed by atoms with Crippen molar-refractivity contribution in [1.29, 1.82) is 0 Å². The van der Waals surface area contributed by atoms with Gasteiger partial charge in [0.25, 0.3) is 11.6 Å². The number of carbonyl (C=O) groups excluding carboxylic acids is 2. The topological polar surface area (TPSA) is 146 Å². The molecule has 0 aliphatic carbocycles. The van der Waals surface area contributed by atoms with Crippen molar-refractivity contribution in [3.8, 4) is 11.5 Å². The number of rotatable bonds is 9. The molecule has 0 aromatic heterocycles. The van der Waals surface area contributed by atoms with Crippen LogP contribution in [0.15, 0.2) is 54.6 Å². The van der Waals surface area contributed by atoms with Crippen LogP contribution in [0.4, 0.5) is 5.69 Å². The highest BCUT2D eigenvalue weighted by Crippen LogP contribution is 2.45. The number of hydrogen-bond acceptors (Lipinski definition) is 8. The second kappa shape index (κ2) is 9.59. The molecule has 2 aromatic carbocycles. The van der Waals surface area contributed by atoms with Crippen LogP contribution in [0.2, 0.25) is 0 Å². The van der Waals surface area contributed by atoms with Gasteiger partial charge in [0.2, 0.25) is 0 Å². The van der Waals surface area contributed by atoms with E-state index in [4.69, 9.17) is 13.8 Å². The summed E-state index contributed by atoms with van der Waals surface area (Å²) in [5.74, 6) is -0.985. The second-order valence-electron chi connectivity index (χ2n) is 6.60. The van der Waals surface area contributed by atoms with E-state index in [0.29, 0.717) is 13.0 Å². The average molecular weight is 449 g/mol. The molecular formula is C19H20N3O8P. The number of nitro benzene ring substituents is 1. The van der Waals surface area contributed by atoms with Gasteiger partial charge in [-0.3, -0.25) is 19.7 Å². The summed E-state index contributed by atoms with van der Waals surface area (Å²) in [6, 6.07) is 11.8. The summed E-state index contributed by atoms with van der Waals surface area (Å²) in [6.07, 6.45) is -0.573. The number of para-hydroxylation sites is 1. The second-order valence-corrected chi connectivity index (χ2v) is 8.22. The SMILES string of the molecule is C[C@H](NP(=O)(Oc1ccccc1)Oc1ccc([N+](=O)[O-])cc1)C(=O)OC1CCNC1=O. The van der Waals surface area contributed by atoms with Crippen LogP contribution in [0.3, 0.4) is 0 Å². The Kier molecular flexibility index (Phi) is 6.88. The maximum Gasteiger partial charge on any atom is 0.513 e. The molecule has 0 radical (unpaired) electrons. The highest BCUT2D eigenvalue weighted by Gasteiger charge is 2.36. The number of nitrogens with one attached hydrogen (secondary N) is 2. The molecular weight excluding hydrogens is 429 g/mol. The summed E-state index contributed by atoms with van der Waals surface area (Å²) in [7, 11) is -4.19. The summed E-state index contributed by atoms with van der Waals surface area (Å²) in [5.41, 5.74) is -0.175. The Morgan fingerprint density at radius 1 is 1.16 bits per heavy atom. The Labute approximate surface area is 177 Å². The van der Waals surface area contributed by atoms with Gasteiger partial charge in [0, 0.05) is 25.1 Å². The van der Waals surface area contributed by atoms with E-state index in [-0.39, 0.29) is 17.2 Å². The molecule has 12 heteroatoms. The van der Waals surface area contributed by atoms with Crippen molar-refractivity contribution in [2.75, 3.05) is 6.54 Å². The van der Waals surface area contributed by atoms with Crippen LogP contribution in [0.1, 0.15) is 13.3 Å². The van der Waals surface area contributed by atoms with E-state index in [1.165, 1.54) is 31.2 Å². The Bertz CT molecular complexity index is 999. The molecule has 1 aliphatic rings. The number of nitro groups is 1. The van der Waals surface area contributed by atoms with Crippen LogP contribution in [-0.4, -0.2) is 35.5 Å². The van der Waals surface area contributed by atoms with Crippen molar-refractivity contribution >= 4 is 25.3 Å². The summed E-state index contributed by atoms with van der Waals surface area (Å²) in [6.45, 7) is 1.78. The molecule has 0 bridgehead atoms. The number of hydrogen-bond donors (Lipinski definition) is 2. The van der Waals surface area contributed by atoms with E-state index in [0.717, 1.165) is 0 Å². The zero-order valence-electron chi connectivity index (χ0n) is 16.4. The van der Waals surface area contributed by atoms with Gasteiger partial charge in [-0.2, -0.15) is 5.09 Å². The van der Waals surface area contributed by atoms with Gasteiger partial charge in [0.05, 0.1) is 4.92 Å². The van der Waals surface area contributed by atoms with Gasteiger partial charge >= 0.3 is 13.7 Å². The van der Waals surface area contributed by atoms with E-state index >= 15 is 0 Å². The molecule has 0 spiro atoms. The first-order chi connectivity index (χ1) is 14.8. The third kappa shape index (κ3) is 6.03. The Hall–Kier alpha value is -3.43. The molecule has 11 nitrogen and oxygen atoms in total. The zero-order chi connectivity index (χ0) is 22.4. The molecule has 1 heterocycles. The van der Waals surface area contributed by atoms with Crippen molar-refractivity contribution in [2.45, 2.75) is 25.5 Å². The smallest absolute Gasteiger partial charge is 0.451 e. The lowest BCUT2D eigenvalue weighted by Gasteiger charge is -2.23. The fourth-order valence-electron chi connectivity index (χ4n) is 2.67. The number of carbonyl (C=O) groups is 2. The third-order valence-electron chi connectivity index (χ3n) is 4.20. The predicted molar refractivity (Wildman–Crippen MR) is 109 cm³/mol. The van der Waals surface area contributed by atoms with Gasteiger partial charge in [-0.05, 0) is 31.2 Å². The molecule has 1 aliphatic heterocycles. The lowest BCUT2D eigenvalue weighted by molar-refractivity contribution is -0.384. The van der Waals surface area contributed by atoms with E-state index in [9.17, 15) is 24.3 Å². The minimum atomic E-state index is -4.19. The minimum absolute atomic E-state index is 0.0214. The van der Waals surface area contributed by atoms with E-state index in [2.05, 4.69) is 10.4 Å². The lowest BCUT2D eigenvalue weighted by Crippen LogP contribution is -2.39. The fraction of sp³-hybridized carbons (Fsp3) is 0.263. The molecule has 2 N–H and O–H groups in total. The largest absolute Gasteiger partial charge is 0.513 e.